The molecule has 0 aliphatic carbocycles. The van der Waals surface area contributed by atoms with Gasteiger partial charge in [-0.05, 0) is 67.1 Å². The van der Waals surface area contributed by atoms with Crippen LogP contribution in [-0.2, 0) is 12.6 Å². The van der Waals surface area contributed by atoms with Crippen LogP contribution in [0.15, 0.2) is 47.8 Å². The molecule has 138 valence electrons. The van der Waals surface area contributed by atoms with E-state index in [4.69, 9.17) is 0 Å². The monoisotopic (exact) mass is 379 g/mol. The van der Waals surface area contributed by atoms with Crippen molar-refractivity contribution in [1.29, 1.82) is 0 Å². The van der Waals surface area contributed by atoms with Gasteiger partial charge >= 0.3 is 6.18 Å². The first kappa shape index (κ1) is 18.7. The number of alkyl halides is 3. The summed E-state index contributed by atoms with van der Waals surface area (Å²) in [6.45, 7) is 2.75. The van der Waals surface area contributed by atoms with Gasteiger partial charge in [-0.25, -0.2) is 0 Å². The van der Waals surface area contributed by atoms with E-state index in [1.165, 1.54) is 12.1 Å². The number of hydrogen-bond donors (Lipinski definition) is 2. The summed E-state index contributed by atoms with van der Waals surface area (Å²) < 4.78 is 39.4. The van der Waals surface area contributed by atoms with Gasteiger partial charge in [0.05, 0.1) is 5.56 Å². The van der Waals surface area contributed by atoms with E-state index in [0.717, 1.165) is 28.1 Å². The molecule has 0 fully saturated rings. The van der Waals surface area contributed by atoms with Gasteiger partial charge in [-0.1, -0.05) is 18.2 Å². The molecule has 6 heteroatoms. The number of aromatic hydroxyl groups is 1. The number of hydrogen-bond acceptors (Lipinski definition) is 3. The molecule has 1 unspecified atom stereocenters. The zero-order valence-electron chi connectivity index (χ0n) is 14.3. The van der Waals surface area contributed by atoms with Gasteiger partial charge in [-0.3, -0.25) is 0 Å². The van der Waals surface area contributed by atoms with Crippen molar-refractivity contribution in [2.75, 3.05) is 6.54 Å². The van der Waals surface area contributed by atoms with E-state index in [-0.39, 0.29) is 11.8 Å². The van der Waals surface area contributed by atoms with Crippen LogP contribution in [-0.4, -0.2) is 11.7 Å². The van der Waals surface area contributed by atoms with Crippen molar-refractivity contribution in [1.82, 2.24) is 5.32 Å². The number of thiophene rings is 1. The molecule has 1 aromatic heterocycles. The second-order valence-electron chi connectivity index (χ2n) is 6.35. The maximum atomic E-state index is 12.7. The smallest absolute Gasteiger partial charge is 0.416 e. The molecule has 0 saturated heterocycles. The molecule has 2 nitrogen and oxygen atoms in total. The Morgan fingerprint density at radius 3 is 2.73 bits per heavy atom. The highest BCUT2D eigenvalue weighted by molar-refractivity contribution is 7.17. The number of phenolic OH excluding ortho intramolecular Hbond substituents is 1. The van der Waals surface area contributed by atoms with Gasteiger partial charge in [0, 0.05) is 16.1 Å². The standard InChI is InChI=1S/C20H20F3NOS/c1-13(18-12-26-19-8-7-16(25)11-17(18)19)24-9-3-5-14-4-2-6-15(10-14)20(21,22)23/h2,4,6-8,10-13,24-25H,3,5,9H2,1H3. The van der Waals surface area contributed by atoms with Gasteiger partial charge in [0.2, 0.25) is 0 Å². The SMILES string of the molecule is CC(NCCCc1cccc(C(F)(F)F)c1)c1csc2ccc(O)cc12. The lowest BCUT2D eigenvalue weighted by Gasteiger charge is -2.14. The molecule has 0 bridgehead atoms. The molecule has 3 aromatic rings. The number of halogens is 3. The maximum absolute atomic E-state index is 12.7. The van der Waals surface area contributed by atoms with E-state index < -0.39 is 11.7 Å². The fourth-order valence-electron chi connectivity index (χ4n) is 3.00. The van der Waals surface area contributed by atoms with Crippen molar-refractivity contribution in [2.24, 2.45) is 0 Å². The molecular weight excluding hydrogens is 359 g/mol. The van der Waals surface area contributed by atoms with Crippen LogP contribution >= 0.6 is 11.3 Å². The predicted octanol–water partition coefficient (Wildman–Crippen LogP) is 5.91. The highest BCUT2D eigenvalue weighted by Gasteiger charge is 2.30. The third-order valence-corrected chi connectivity index (χ3v) is 5.38. The molecule has 0 saturated carbocycles. The fourth-order valence-corrected chi connectivity index (χ4v) is 4.03. The largest absolute Gasteiger partial charge is 0.508 e. The number of nitrogens with one attached hydrogen (secondary N) is 1. The third kappa shape index (κ3) is 4.37. The minimum Gasteiger partial charge on any atom is -0.508 e. The summed E-state index contributed by atoms with van der Waals surface area (Å²) in [6.07, 6.45) is -2.96. The summed E-state index contributed by atoms with van der Waals surface area (Å²) in [6, 6.07) is 11.0. The molecule has 2 N–H and O–H groups in total. The van der Waals surface area contributed by atoms with Crippen molar-refractivity contribution in [3.8, 4) is 5.75 Å². The van der Waals surface area contributed by atoms with Crippen molar-refractivity contribution < 1.29 is 18.3 Å². The van der Waals surface area contributed by atoms with Crippen molar-refractivity contribution in [3.63, 3.8) is 0 Å². The normalized spacial score (nSPS) is 13.2. The lowest BCUT2D eigenvalue weighted by Crippen LogP contribution is -2.20. The van der Waals surface area contributed by atoms with E-state index >= 15 is 0 Å². The summed E-state index contributed by atoms with van der Waals surface area (Å²) in [7, 11) is 0. The minimum atomic E-state index is -4.30. The Balaban J connectivity index is 1.56. The lowest BCUT2D eigenvalue weighted by molar-refractivity contribution is -0.137. The van der Waals surface area contributed by atoms with E-state index in [1.807, 2.05) is 6.07 Å². The first-order valence-corrected chi connectivity index (χ1v) is 9.32. The van der Waals surface area contributed by atoms with Crippen LogP contribution in [0.5, 0.6) is 5.75 Å². The van der Waals surface area contributed by atoms with E-state index in [9.17, 15) is 18.3 Å². The van der Waals surface area contributed by atoms with Crippen LogP contribution in [0, 0.1) is 0 Å². The summed E-state index contributed by atoms with van der Waals surface area (Å²) in [5, 5.41) is 16.2. The average Bonchev–Trinajstić information content (AvgIpc) is 3.01. The Hall–Kier alpha value is -2.05. The van der Waals surface area contributed by atoms with Crippen LogP contribution < -0.4 is 5.32 Å². The minimum absolute atomic E-state index is 0.104. The molecule has 0 amide bonds. The summed E-state index contributed by atoms with van der Waals surface area (Å²) in [4.78, 5) is 0. The van der Waals surface area contributed by atoms with Gasteiger partial charge in [-0.2, -0.15) is 13.2 Å². The first-order chi connectivity index (χ1) is 12.3. The maximum Gasteiger partial charge on any atom is 0.416 e. The van der Waals surface area contributed by atoms with Gasteiger partial charge in [0.15, 0.2) is 0 Å². The Labute approximate surface area is 154 Å². The van der Waals surface area contributed by atoms with Crippen LogP contribution in [0.1, 0.15) is 36.1 Å². The summed E-state index contributed by atoms with van der Waals surface area (Å²) >= 11 is 1.63. The Kier molecular flexibility index (Phi) is 5.53. The Bertz CT molecular complexity index is 888. The first-order valence-electron chi connectivity index (χ1n) is 8.44. The fraction of sp³-hybridized carbons (Fsp3) is 0.300. The van der Waals surface area contributed by atoms with E-state index in [1.54, 1.807) is 29.5 Å². The van der Waals surface area contributed by atoms with Gasteiger partial charge in [-0.15, -0.1) is 11.3 Å². The van der Waals surface area contributed by atoms with Crippen LogP contribution in [0.4, 0.5) is 13.2 Å². The van der Waals surface area contributed by atoms with Crippen LogP contribution in [0.3, 0.4) is 0 Å². The summed E-state index contributed by atoms with van der Waals surface area (Å²) in [5.74, 6) is 0.244. The van der Waals surface area contributed by atoms with E-state index in [0.29, 0.717) is 18.5 Å². The molecule has 0 spiro atoms. The Morgan fingerprint density at radius 1 is 1.15 bits per heavy atom. The van der Waals surface area contributed by atoms with Crippen molar-refractivity contribution in [3.05, 3.63) is 64.5 Å². The number of phenols is 1. The lowest BCUT2D eigenvalue weighted by atomic mass is 10.0. The summed E-state index contributed by atoms with van der Waals surface area (Å²) in [5.41, 5.74) is 1.22. The number of aryl methyl sites for hydroxylation is 1. The molecule has 1 heterocycles. The quantitative estimate of drug-likeness (QED) is 0.522. The van der Waals surface area contributed by atoms with Crippen molar-refractivity contribution in [2.45, 2.75) is 32.0 Å². The molecule has 0 radical (unpaired) electrons. The van der Waals surface area contributed by atoms with Gasteiger partial charge in [0.25, 0.3) is 0 Å². The Morgan fingerprint density at radius 2 is 1.96 bits per heavy atom. The second-order valence-corrected chi connectivity index (χ2v) is 7.26. The second kappa shape index (κ2) is 7.68. The topological polar surface area (TPSA) is 32.3 Å². The molecule has 2 aromatic carbocycles. The molecule has 0 aliphatic heterocycles. The van der Waals surface area contributed by atoms with Gasteiger partial charge < -0.3 is 10.4 Å². The highest BCUT2D eigenvalue weighted by Crippen LogP contribution is 2.33. The number of rotatable bonds is 6. The van der Waals surface area contributed by atoms with E-state index in [2.05, 4.69) is 17.6 Å². The zero-order valence-corrected chi connectivity index (χ0v) is 15.1. The highest BCUT2D eigenvalue weighted by atomic mass is 32.1. The van der Waals surface area contributed by atoms with Crippen LogP contribution in [0.2, 0.25) is 0 Å². The molecule has 1 atom stereocenters. The zero-order chi connectivity index (χ0) is 18.7. The predicted molar refractivity (Wildman–Crippen MR) is 99.7 cm³/mol. The van der Waals surface area contributed by atoms with Gasteiger partial charge in [0.1, 0.15) is 5.75 Å². The number of benzene rings is 2. The molecule has 3 rings (SSSR count). The molecule has 0 aliphatic rings. The molecule has 26 heavy (non-hydrogen) atoms. The molecular formula is C20H20F3NOS. The number of fused-ring (bicyclic) bond motifs is 1. The third-order valence-electron chi connectivity index (χ3n) is 4.40. The average molecular weight is 379 g/mol. The van der Waals surface area contributed by atoms with Crippen LogP contribution in [0.25, 0.3) is 10.1 Å². The van der Waals surface area contributed by atoms with Crippen molar-refractivity contribution >= 4 is 21.4 Å².